The molecule has 0 atom stereocenters. The molecule has 1 aromatic heterocycles. The number of carbonyl (C=O) groups excluding carboxylic acids is 1. The van der Waals surface area contributed by atoms with E-state index in [1.807, 2.05) is 15.7 Å². The molecule has 0 saturated carbocycles. The van der Waals surface area contributed by atoms with Gasteiger partial charge in [0.15, 0.2) is 0 Å². The lowest BCUT2D eigenvalue weighted by molar-refractivity contribution is -0.132. The van der Waals surface area contributed by atoms with Crippen LogP contribution in [-0.4, -0.2) is 46.0 Å². The van der Waals surface area contributed by atoms with E-state index in [4.69, 9.17) is 11.5 Å². The quantitative estimate of drug-likeness (QED) is 0.766. The van der Waals surface area contributed by atoms with Crippen LogP contribution in [0.5, 0.6) is 0 Å². The summed E-state index contributed by atoms with van der Waals surface area (Å²) in [6, 6.07) is 0.257. The van der Waals surface area contributed by atoms with Crippen molar-refractivity contribution in [2.45, 2.75) is 38.3 Å². The summed E-state index contributed by atoms with van der Waals surface area (Å²) in [5.74, 6) is 1.14. The number of piperidine rings is 1. The van der Waals surface area contributed by atoms with E-state index >= 15 is 0 Å². The number of rotatable bonds is 5. The SMILES string of the molecule is NCCn1ccnc1CCC(=O)N1CCC(N)CC1. The standard InChI is InChI=1S/C13H23N5O/c14-5-9-17-10-6-16-12(17)1-2-13(19)18-7-3-11(15)4-8-18/h6,10-11H,1-5,7-9,14-15H2. The number of imidazole rings is 1. The van der Waals surface area contributed by atoms with Gasteiger partial charge in [0.05, 0.1) is 0 Å². The molecular formula is C13H23N5O. The predicted octanol–water partition coefficient (Wildman–Crippen LogP) is -0.276. The van der Waals surface area contributed by atoms with Crippen molar-refractivity contribution in [1.82, 2.24) is 14.5 Å². The van der Waals surface area contributed by atoms with E-state index in [1.54, 1.807) is 6.20 Å². The van der Waals surface area contributed by atoms with Crippen molar-refractivity contribution in [3.63, 3.8) is 0 Å². The van der Waals surface area contributed by atoms with Crippen LogP contribution in [0.2, 0.25) is 0 Å². The Kier molecular flexibility index (Phi) is 4.93. The van der Waals surface area contributed by atoms with E-state index in [2.05, 4.69) is 4.98 Å². The summed E-state index contributed by atoms with van der Waals surface area (Å²) in [4.78, 5) is 18.3. The second-order valence-corrected chi connectivity index (χ2v) is 5.04. The number of likely N-dealkylation sites (tertiary alicyclic amines) is 1. The zero-order valence-electron chi connectivity index (χ0n) is 11.3. The molecule has 6 heteroatoms. The zero-order valence-corrected chi connectivity index (χ0v) is 11.3. The summed E-state index contributed by atoms with van der Waals surface area (Å²) >= 11 is 0. The third-order valence-corrected chi connectivity index (χ3v) is 3.63. The van der Waals surface area contributed by atoms with E-state index in [0.717, 1.165) is 38.3 Å². The molecule has 0 aliphatic carbocycles. The van der Waals surface area contributed by atoms with Crippen LogP contribution in [0.3, 0.4) is 0 Å². The second-order valence-electron chi connectivity index (χ2n) is 5.04. The molecule has 1 aliphatic heterocycles. The van der Waals surface area contributed by atoms with Gasteiger partial charge in [0, 0.05) is 57.5 Å². The molecule has 1 amide bonds. The van der Waals surface area contributed by atoms with Crippen LogP contribution in [0.25, 0.3) is 0 Å². The van der Waals surface area contributed by atoms with Crippen molar-refractivity contribution in [2.75, 3.05) is 19.6 Å². The number of amides is 1. The van der Waals surface area contributed by atoms with Gasteiger partial charge in [-0.1, -0.05) is 0 Å². The molecule has 0 unspecified atom stereocenters. The minimum absolute atomic E-state index is 0.203. The van der Waals surface area contributed by atoms with Gasteiger partial charge in [-0.15, -0.1) is 0 Å². The molecule has 2 heterocycles. The number of hydrogen-bond donors (Lipinski definition) is 2. The van der Waals surface area contributed by atoms with Gasteiger partial charge in [-0.3, -0.25) is 4.79 Å². The van der Waals surface area contributed by atoms with Crippen LogP contribution < -0.4 is 11.5 Å². The third kappa shape index (κ3) is 3.78. The fourth-order valence-corrected chi connectivity index (χ4v) is 2.44. The highest BCUT2D eigenvalue weighted by Gasteiger charge is 2.20. The Morgan fingerprint density at radius 2 is 2.16 bits per heavy atom. The van der Waals surface area contributed by atoms with Crippen molar-refractivity contribution in [1.29, 1.82) is 0 Å². The number of carbonyl (C=O) groups is 1. The Bertz CT molecular complexity index is 409. The van der Waals surface area contributed by atoms with Crippen LogP contribution >= 0.6 is 0 Å². The Balaban J connectivity index is 1.81. The summed E-state index contributed by atoms with van der Waals surface area (Å²) in [6.07, 6.45) is 6.67. The fraction of sp³-hybridized carbons (Fsp3) is 0.692. The van der Waals surface area contributed by atoms with Crippen molar-refractivity contribution < 1.29 is 4.79 Å². The van der Waals surface area contributed by atoms with Crippen LogP contribution in [0.4, 0.5) is 0 Å². The smallest absolute Gasteiger partial charge is 0.223 e. The van der Waals surface area contributed by atoms with Crippen LogP contribution in [0.15, 0.2) is 12.4 Å². The molecule has 1 saturated heterocycles. The Labute approximate surface area is 113 Å². The van der Waals surface area contributed by atoms with Gasteiger partial charge >= 0.3 is 0 Å². The highest BCUT2D eigenvalue weighted by molar-refractivity contribution is 5.76. The summed E-state index contributed by atoms with van der Waals surface area (Å²) in [5.41, 5.74) is 11.4. The lowest BCUT2D eigenvalue weighted by Crippen LogP contribution is -2.42. The van der Waals surface area contributed by atoms with Crippen LogP contribution in [0, 0.1) is 0 Å². The van der Waals surface area contributed by atoms with E-state index < -0.39 is 0 Å². The number of aromatic nitrogens is 2. The second kappa shape index (κ2) is 6.68. The number of nitrogens with zero attached hydrogens (tertiary/aromatic N) is 3. The van der Waals surface area contributed by atoms with E-state index in [1.165, 1.54) is 0 Å². The first kappa shape index (κ1) is 14.0. The van der Waals surface area contributed by atoms with Gasteiger partial charge in [0.1, 0.15) is 5.82 Å². The predicted molar refractivity (Wildman–Crippen MR) is 73.4 cm³/mol. The van der Waals surface area contributed by atoms with Gasteiger partial charge in [-0.05, 0) is 12.8 Å². The summed E-state index contributed by atoms with van der Waals surface area (Å²) < 4.78 is 2.01. The average Bonchev–Trinajstić information content (AvgIpc) is 2.85. The fourth-order valence-electron chi connectivity index (χ4n) is 2.44. The highest BCUT2D eigenvalue weighted by Crippen LogP contribution is 2.11. The van der Waals surface area contributed by atoms with Crippen molar-refractivity contribution in [3.05, 3.63) is 18.2 Å². The maximum atomic E-state index is 12.1. The van der Waals surface area contributed by atoms with Gasteiger partial charge in [-0.25, -0.2) is 4.98 Å². The summed E-state index contributed by atoms with van der Waals surface area (Å²) in [7, 11) is 0. The monoisotopic (exact) mass is 265 g/mol. The Hall–Kier alpha value is -1.40. The minimum atomic E-state index is 0.203. The molecule has 0 aromatic carbocycles. The maximum absolute atomic E-state index is 12.1. The molecule has 4 N–H and O–H groups in total. The van der Waals surface area contributed by atoms with Crippen molar-refractivity contribution in [2.24, 2.45) is 11.5 Å². The highest BCUT2D eigenvalue weighted by atomic mass is 16.2. The molecule has 1 aromatic rings. The third-order valence-electron chi connectivity index (χ3n) is 3.63. The first-order valence-corrected chi connectivity index (χ1v) is 6.94. The number of hydrogen-bond acceptors (Lipinski definition) is 4. The molecule has 1 fully saturated rings. The molecule has 19 heavy (non-hydrogen) atoms. The Morgan fingerprint density at radius 1 is 1.42 bits per heavy atom. The maximum Gasteiger partial charge on any atom is 0.223 e. The number of aryl methyl sites for hydroxylation is 1. The lowest BCUT2D eigenvalue weighted by atomic mass is 10.1. The van der Waals surface area contributed by atoms with Crippen LogP contribution in [0.1, 0.15) is 25.1 Å². The molecule has 1 aliphatic rings. The molecule has 106 valence electrons. The Morgan fingerprint density at radius 3 is 2.84 bits per heavy atom. The molecule has 2 rings (SSSR count). The van der Waals surface area contributed by atoms with Gasteiger partial charge in [0.2, 0.25) is 5.91 Å². The van der Waals surface area contributed by atoms with E-state index in [0.29, 0.717) is 19.4 Å². The molecule has 6 nitrogen and oxygen atoms in total. The van der Waals surface area contributed by atoms with Gasteiger partial charge in [-0.2, -0.15) is 0 Å². The first-order chi connectivity index (χ1) is 9.20. The minimum Gasteiger partial charge on any atom is -0.343 e. The summed E-state index contributed by atoms with van der Waals surface area (Å²) in [6.45, 7) is 2.91. The molecular weight excluding hydrogens is 242 g/mol. The summed E-state index contributed by atoms with van der Waals surface area (Å²) in [5, 5.41) is 0. The van der Waals surface area contributed by atoms with Crippen LogP contribution in [-0.2, 0) is 17.8 Å². The molecule has 0 spiro atoms. The first-order valence-electron chi connectivity index (χ1n) is 6.94. The molecule has 0 radical (unpaired) electrons. The van der Waals surface area contributed by atoms with Gasteiger partial charge in [0.25, 0.3) is 0 Å². The molecule has 0 bridgehead atoms. The number of nitrogens with two attached hydrogens (primary N) is 2. The van der Waals surface area contributed by atoms with Gasteiger partial charge < -0.3 is 20.9 Å². The van der Waals surface area contributed by atoms with E-state index in [9.17, 15) is 4.79 Å². The van der Waals surface area contributed by atoms with Crippen molar-refractivity contribution in [3.8, 4) is 0 Å². The normalized spacial score (nSPS) is 16.8. The van der Waals surface area contributed by atoms with Crippen molar-refractivity contribution >= 4 is 5.91 Å². The topological polar surface area (TPSA) is 90.2 Å². The average molecular weight is 265 g/mol. The lowest BCUT2D eigenvalue weighted by Gasteiger charge is -2.30. The van der Waals surface area contributed by atoms with E-state index in [-0.39, 0.29) is 11.9 Å². The zero-order chi connectivity index (χ0) is 13.7. The largest absolute Gasteiger partial charge is 0.343 e.